The van der Waals surface area contributed by atoms with Gasteiger partial charge >= 0.3 is 0 Å². The summed E-state index contributed by atoms with van der Waals surface area (Å²) in [5.41, 5.74) is 8.80. The Labute approximate surface area is 195 Å². The summed E-state index contributed by atoms with van der Waals surface area (Å²) in [6.07, 6.45) is 6.31. The third-order valence-corrected chi connectivity index (χ3v) is 6.58. The second-order valence-corrected chi connectivity index (χ2v) is 8.84. The smallest absolute Gasteiger partial charge is 0.225 e. The molecule has 2 aromatic heterocycles. The normalized spacial score (nSPS) is 14.8. The van der Waals surface area contributed by atoms with Crippen LogP contribution in [0.1, 0.15) is 37.9 Å². The van der Waals surface area contributed by atoms with Crippen molar-refractivity contribution in [1.29, 1.82) is 0 Å². The van der Waals surface area contributed by atoms with Crippen LogP contribution in [0.3, 0.4) is 0 Å². The Hall–Kier alpha value is -2.71. The van der Waals surface area contributed by atoms with Crippen molar-refractivity contribution in [2.75, 3.05) is 46.3 Å². The number of amides is 1. The molecule has 0 radical (unpaired) electrons. The minimum Gasteiger partial charge on any atom is -0.384 e. The number of likely N-dealkylation sites (N-methyl/N-ethyl adjacent to an activating group) is 1. The van der Waals surface area contributed by atoms with Crippen LogP contribution in [-0.4, -0.2) is 65.9 Å². The van der Waals surface area contributed by atoms with Gasteiger partial charge in [0.05, 0.1) is 30.9 Å². The summed E-state index contributed by atoms with van der Waals surface area (Å²) in [6.45, 7) is 2.86. The van der Waals surface area contributed by atoms with Gasteiger partial charge in [0, 0.05) is 45.0 Å². The fraction of sp³-hybridized carbons (Fsp3) is 0.560. The van der Waals surface area contributed by atoms with Crippen LogP contribution < -0.4 is 5.73 Å². The molecule has 33 heavy (non-hydrogen) atoms. The average Bonchev–Trinajstić information content (AvgIpc) is 3.21. The molecule has 1 aliphatic carbocycles. The lowest BCUT2D eigenvalue weighted by atomic mass is 9.88. The highest BCUT2D eigenvalue weighted by Crippen LogP contribution is 2.29. The summed E-state index contributed by atoms with van der Waals surface area (Å²) >= 11 is 0. The van der Waals surface area contributed by atoms with Gasteiger partial charge in [-0.25, -0.2) is 9.97 Å². The topological polar surface area (TPSA) is 95.5 Å². The first-order valence-corrected chi connectivity index (χ1v) is 11.9. The van der Waals surface area contributed by atoms with Crippen LogP contribution in [0.5, 0.6) is 0 Å². The highest BCUT2D eigenvalue weighted by Gasteiger charge is 2.23. The SMILES string of the molecule is COCCc1nc2c(N)nc3ccccc3c2n1CCOCCN(C)C(=O)C1CCCCC1. The van der Waals surface area contributed by atoms with Gasteiger partial charge in [-0.05, 0) is 18.9 Å². The number of benzene rings is 1. The van der Waals surface area contributed by atoms with Crippen LogP contribution in [0.2, 0.25) is 0 Å². The molecule has 1 fully saturated rings. The second kappa shape index (κ2) is 10.9. The third-order valence-electron chi connectivity index (χ3n) is 6.58. The van der Waals surface area contributed by atoms with E-state index >= 15 is 0 Å². The van der Waals surface area contributed by atoms with Gasteiger partial charge in [-0.2, -0.15) is 0 Å². The van der Waals surface area contributed by atoms with E-state index in [0.29, 0.717) is 45.1 Å². The summed E-state index contributed by atoms with van der Waals surface area (Å²) in [7, 11) is 3.57. The van der Waals surface area contributed by atoms with Gasteiger partial charge in [-0.1, -0.05) is 37.5 Å². The van der Waals surface area contributed by atoms with Crippen molar-refractivity contribution in [2.24, 2.45) is 5.92 Å². The van der Waals surface area contributed by atoms with Gasteiger partial charge in [0.15, 0.2) is 5.82 Å². The molecule has 1 saturated carbocycles. The average molecular weight is 454 g/mol. The molecule has 0 aliphatic heterocycles. The number of methoxy groups -OCH3 is 1. The predicted molar refractivity (Wildman–Crippen MR) is 130 cm³/mol. The van der Waals surface area contributed by atoms with Crippen molar-refractivity contribution in [1.82, 2.24) is 19.4 Å². The summed E-state index contributed by atoms with van der Waals surface area (Å²) in [5.74, 6) is 1.79. The molecule has 4 rings (SSSR count). The number of hydrogen-bond donors (Lipinski definition) is 1. The van der Waals surface area contributed by atoms with Crippen LogP contribution in [0.25, 0.3) is 21.9 Å². The lowest BCUT2D eigenvalue weighted by molar-refractivity contribution is -0.135. The molecule has 8 nitrogen and oxygen atoms in total. The molecular weight excluding hydrogens is 418 g/mol. The van der Waals surface area contributed by atoms with Crippen molar-refractivity contribution >= 4 is 33.7 Å². The number of imidazole rings is 1. The Bertz CT molecular complexity index is 1090. The molecule has 0 saturated heterocycles. The molecule has 0 atom stereocenters. The van der Waals surface area contributed by atoms with E-state index < -0.39 is 0 Å². The first-order chi connectivity index (χ1) is 16.1. The van der Waals surface area contributed by atoms with Gasteiger partial charge < -0.3 is 24.7 Å². The molecule has 8 heteroatoms. The van der Waals surface area contributed by atoms with E-state index in [4.69, 9.17) is 20.2 Å². The number of nitrogen functional groups attached to an aromatic ring is 1. The molecular formula is C25H35N5O3. The fourth-order valence-electron chi connectivity index (χ4n) is 4.76. The predicted octanol–water partition coefficient (Wildman–Crippen LogP) is 3.41. The van der Waals surface area contributed by atoms with Crippen LogP contribution >= 0.6 is 0 Å². The van der Waals surface area contributed by atoms with Crippen molar-refractivity contribution < 1.29 is 14.3 Å². The number of para-hydroxylation sites is 1. The van der Waals surface area contributed by atoms with Gasteiger partial charge in [0.2, 0.25) is 5.91 Å². The molecule has 0 bridgehead atoms. The number of ether oxygens (including phenoxy) is 2. The van der Waals surface area contributed by atoms with Gasteiger partial charge in [-0.15, -0.1) is 0 Å². The number of rotatable bonds is 10. The van der Waals surface area contributed by atoms with Crippen LogP contribution in [0.4, 0.5) is 5.82 Å². The maximum absolute atomic E-state index is 12.6. The monoisotopic (exact) mass is 453 g/mol. The zero-order valence-corrected chi connectivity index (χ0v) is 19.8. The highest BCUT2D eigenvalue weighted by atomic mass is 16.5. The Morgan fingerprint density at radius 3 is 2.73 bits per heavy atom. The Balaban J connectivity index is 1.42. The number of nitrogens with two attached hydrogens (primary N) is 1. The van der Waals surface area contributed by atoms with E-state index in [1.54, 1.807) is 7.11 Å². The maximum Gasteiger partial charge on any atom is 0.225 e. The van der Waals surface area contributed by atoms with Crippen LogP contribution in [-0.2, 0) is 27.2 Å². The largest absolute Gasteiger partial charge is 0.384 e. The molecule has 178 valence electrons. The number of carbonyl (C=O) groups is 1. The number of pyridine rings is 1. The highest BCUT2D eigenvalue weighted by molar-refractivity contribution is 6.06. The summed E-state index contributed by atoms with van der Waals surface area (Å²) in [4.78, 5) is 23.8. The van der Waals surface area contributed by atoms with Crippen molar-refractivity contribution in [3.8, 4) is 0 Å². The molecule has 1 amide bonds. The first kappa shape index (κ1) is 23.4. The second-order valence-electron chi connectivity index (χ2n) is 8.84. The molecule has 0 unspecified atom stereocenters. The Morgan fingerprint density at radius 1 is 1.15 bits per heavy atom. The van der Waals surface area contributed by atoms with E-state index in [-0.39, 0.29) is 11.8 Å². The molecule has 3 aromatic rings. The number of hydrogen-bond acceptors (Lipinski definition) is 6. The van der Waals surface area contributed by atoms with Crippen molar-refractivity contribution in [2.45, 2.75) is 45.1 Å². The minimum atomic E-state index is 0.191. The zero-order valence-electron chi connectivity index (χ0n) is 19.8. The fourth-order valence-corrected chi connectivity index (χ4v) is 4.76. The molecule has 2 N–H and O–H groups in total. The first-order valence-electron chi connectivity index (χ1n) is 11.9. The summed E-state index contributed by atoms with van der Waals surface area (Å²) < 4.78 is 13.4. The molecule has 1 aliphatic rings. The lowest BCUT2D eigenvalue weighted by Gasteiger charge is -2.26. The van der Waals surface area contributed by atoms with E-state index in [1.807, 2.05) is 30.1 Å². The zero-order chi connectivity index (χ0) is 23.2. The number of nitrogens with zero attached hydrogens (tertiary/aromatic N) is 4. The molecule has 0 spiro atoms. The number of aromatic nitrogens is 3. The molecule has 2 heterocycles. The Morgan fingerprint density at radius 2 is 1.94 bits per heavy atom. The van der Waals surface area contributed by atoms with Gasteiger partial charge in [-0.3, -0.25) is 4.79 Å². The van der Waals surface area contributed by atoms with E-state index in [0.717, 1.165) is 40.6 Å². The van der Waals surface area contributed by atoms with Gasteiger partial charge in [0.1, 0.15) is 11.3 Å². The van der Waals surface area contributed by atoms with Crippen LogP contribution in [0, 0.1) is 5.92 Å². The van der Waals surface area contributed by atoms with E-state index in [1.165, 1.54) is 19.3 Å². The van der Waals surface area contributed by atoms with E-state index in [2.05, 4.69) is 15.6 Å². The number of fused-ring (bicyclic) bond motifs is 3. The number of carbonyl (C=O) groups excluding carboxylic acids is 1. The Kier molecular flexibility index (Phi) is 7.77. The van der Waals surface area contributed by atoms with Crippen molar-refractivity contribution in [3.05, 3.63) is 30.1 Å². The van der Waals surface area contributed by atoms with Gasteiger partial charge in [0.25, 0.3) is 0 Å². The van der Waals surface area contributed by atoms with Crippen LogP contribution in [0.15, 0.2) is 24.3 Å². The quantitative estimate of drug-likeness (QED) is 0.473. The van der Waals surface area contributed by atoms with E-state index in [9.17, 15) is 4.79 Å². The van der Waals surface area contributed by atoms with Crippen molar-refractivity contribution in [3.63, 3.8) is 0 Å². The maximum atomic E-state index is 12.6. The lowest BCUT2D eigenvalue weighted by Crippen LogP contribution is -2.36. The molecule has 1 aromatic carbocycles. The third kappa shape index (κ3) is 5.28. The summed E-state index contributed by atoms with van der Waals surface area (Å²) in [6, 6.07) is 7.98. The number of anilines is 1. The minimum absolute atomic E-state index is 0.191. The summed E-state index contributed by atoms with van der Waals surface area (Å²) in [5, 5.41) is 1.02. The standard InChI is InChI=1S/C25H35N5O3/c1-29(25(31)18-8-4-3-5-9-18)13-16-33-17-14-30-21(12-15-32-2)28-22-23(30)19-10-6-7-11-20(19)27-24(22)26/h6-7,10-11,18H,3-5,8-9,12-17H2,1-2H3,(H2,26,27).